The molecule has 1 aliphatic heterocycles. The Hall–Kier alpha value is -2.35. The zero-order chi connectivity index (χ0) is 17.9. The number of hydrogen-bond acceptors (Lipinski definition) is 6. The number of nitrogens with zero attached hydrogens (tertiary/aromatic N) is 4. The molecule has 3 rings (SSSR count). The van der Waals surface area contributed by atoms with Gasteiger partial charge in [-0.15, -0.1) is 10.2 Å². The summed E-state index contributed by atoms with van der Waals surface area (Å²) >= 11 is 0. The van der Waals surface area contributed by atoms with Gasteiger partial charge in [0.05, 0.1) is 5.69 Å². The second-order valence-electron chi connectivity index (χ2n) is 6.50. The first kappa shape index (κ1) is 17.5. The van der Waals surface area contributed by atoms with Gasteiger partial charge in [-0.05, 0) is 18.6 Å². The van der Waals surface area contributed by atoms with E-state index >= 15 is 0 Å². The van der Waals surface area contributed by atoms with E-state index in [4.69, 9.17) is 4.42 Å². The summed E-state index contributed by atoms with van der Waals surface area (Å²) in [4.78, 5) is 18.1. The highest BCUT2D eigenvalue weighted by atomic mass is 19.1. The highest BCUT2D eigenvalue weighted by Gasteiger charge is 2.36. The molecule has 8 heteroatoms. The van der Waals surface area contributed by atoms with Gasteiger partial charge >= 0.3 is 11.8 Å². The summed E-state index contributed by atoms with van der Waals surface area (Å²) < 4.78 is 20.1. The number of nitrogens with one attached hydrogen (secondary N) is 1. The minimum absolute atomic E-state index is 0.0348. The van der Waals surface area contributed by atoms with Crippen molar-refractivity contribution in [1.29, 1.82) is 0 Å². The highest BCUT2D eigenvalue weighted by Crippen LogP contribution is 2.26. The maximum atomic E-state index is 14.9. The van der Waals surface area contributed by atoms with Gasteiger partial charge in [-0.1, -0.05) is 6.07 Å². The molecule has 1 amide bonds. The Balaban J connectivity index is 1.47. The number of carbonyl (C=O) groups excluding carboxylic acids is 1. The van der Waals surface area contributed by atoms with Crippen LogP contribution in [0.25, 0.3) is 0 Å². The molecule has 3 heterocycles. The van der Waals surface area contributed by atoms with Crippen LogP contribution in [0.4, 0.5) is 4.39 Å². The first-order valence-corrected chi connectivity index (χ1v) is 8.36. The Morgan fingerprint density at radius 2 is 2.08 bits per heavy atom. The summed E-state index contributed by atoms with van der Waals surface area (Å²) in [6, 6.07) is 3.92. The second kappa shape index (κ2) is 7.26. The molecule has 0 aromatic carbocycles. The van der Waals surface area contributed by atoms with Crippen molar-refractivity contribution in [3.63, 3.8) is 0 Å². The van der Waals surface area contributed by atoms with Gasteiger partial charge in [-0.3, -0.25) is 9.78 Å². The number of alkyl halides is 1. The quantitative estimate of drug-likeness (QED) is 0.888. The van der Waals surface area contributed by atoms with Crippen molar-refractivity contribution < 1.29 is 13.6 Å². The van der Waals surface area contributed by atoms with Gasteiger partial charge in [0, 0.05) is 52.1 Å². The third kappa shape index (κ3) is 4.39. The van der Waals surface area contributed by atoms with E-state index in [1.165, 1.54) is 0 Å². The van der Waals surface area contributed by atoms with E-state index in [2.05, 4.69) is 20.5 Å². The van der Waals surface area contributed by atoms with Crippen LogP contribution in [-0.2, 0) is 6.54 Å². The lowest BCUT2D eigenvalue weighted by Gasteiger charge is -2.36. The van der Waals surface area contributed by atoms with Crippen LogP contribution in [0.5, 0.6) is 0 Å². The first-order valence-electron chi connectivity index (χ1n) is 8.36. The number of carbonyl (C=O) groups is 1. The Morgan fingerprint density at radius 1 is 1.32 bits per heavy atom. The Morgan fingerprint density at radius 3 is 2.68 bits per heavy atom. The van der Waals surface area contributed by atoms with Gasteiger partial charge < -0.3 is 14.6 Å². The molecule has 2 aromatic heterocycles. The number of aryl methyl sites for hydroxylation is 2. The van der Waals surface area contributed by atoms with Crippen molar-refractivity contribution in [2.24, 2.45) is 0 Å². The summed E-state index contributed by atoms with van der Waals surface area (Å²) in [5.41, 5.74) is 0.652. The summed E-state index contributed by atoms with van der Waals surface area (Å²) in [6.45, 7) is 5.04. The number of piperidine rings is 1. The molecule has 0 bridgehead atoms. The van der Waals surface area contributed by atoms with E-state index in [0.29, 0.717) is 25.5 Å². The lowest BCUT2D eigenvalue weighted by atomic mass is 9.93. The van der Waals surface area contributed by atoms with E-state index in [-0.39, 0.29) is 31.2 Å². The summed E-state index contributed by atoms with van der Waals surface area (Å²) in [5.74, 6) is -0.0268. The van der Waals surface area contributed by atoms with Crippen LogP contribution in [-0.4, -0.2) is 51.3 Å². The fourth-order valence-electron chi connectivity index (χ4n) is 2.82. The fraction of sp³-hybridized carbons (Fsp3) is 0.529. The van der Waals surface area contributed by atoms with Crippen molar-refractivity contribution in [3.05, 3.63) is 41.4 Å². The molecular formula is C17H22FN5O2. The monoisotopic (exact) mass is 347 g/mol. The van der Waals surface area contributed by atoms with E-state index in [1.54, 1.807) is 18.0 Å². The molecule has 1 fully saturated rings. The molecule has 0 spiro atoms. The molecule has 0 saturated carbocycles. The molecule has 1 aliphatic rings. The van der Waals surface area contributed by atoms with Crippen LogP contribution >= 0.6 is 0 Å². The third-order valence-corrected chi connectivity index (χ3v) is 4.38. The number of amides is 1. The van der Waals surface area contributed by atoms with Crippen molar-refractivity contribution in [1.82, 2.24) is 25.4 Å². The largest absolute Gasteiger partial charge is 0.417 e. The van der Waals surface area contributed by atoms with Crippen LogP contribution in [0.1, 0.15) is 40.7 Å². The van der Waals surface area contributed by atoms with Crippen molar-refractivity contribution in [2.45, 2.75) is 38.9 Å². The molecule has 2 aromatic rings. The van der Waals surface area contributed by atoms with Crippen molar-refractivity contribution in [2.75, 3.05) is 19.6 Å². The number of pyridine rings is 1. The highest BCUT2D eigenvalue weighted by molar-refractivity contribution is 5.89. The van der Waals surface area contributed by atoms with Crippen molar-refractivity contribution in [3.8, 4) is 0 Å². The van der Waals surface area contributed by atoms with Crippen LogP contribution in [0.3, 0.4) is 0 Å². The van der Waals surface area contributed by atoms with E-state index < -0.39 is 5.67 Å². The lowest BCUT2D eigenvalue weighted by molar-refractivity contribution is 0.0405. The molecule has 0 atom stereocenters. The fourth-order valence-corrected chi connectivity index (χ4v) is 2.82. The molecular weight excluding hydrogens is 325 g/mol. The predicted molar refractivity (Wildman–Crippen MR) is 88.7 cm³/mol. The van der Waals surface area contributed by atoms with E-state index in [9.17, 15) is 9.18 Å². The molecule has 134 valence electrons. The second-order valence-corrected chi connectivity index (χ2v) is 6.50. The van der Waals surface area contributed by atoms with Crippen molar-refractivity contribution >= 4 is 5.91 Å². The van der Waals surface area contributed by atoms with Crippen LogP contribution in [0.2, 0.25) is 0 Å². The standard InChI is InChI=1S/C17H22FN5O2/c1-12-3-4-14(20-9-12)10-19-11-17(18)5-7-23(8-6-17)16(24)15-22-21-13(2)25-15/h3-4,9,19H,5-8,10-11H2,1-2H3. The smallest absolute Gasteiger partial charge is 0.311 e. The van der Waals surface area contributed by atoms with Crippen LogP contribution in [0, 0.1) is 13.8 Å². The molecule has 0 unspecified atom stereocenters. The number of likely N-dealkylation sites (tertiary alicyclic amines) is 1. The van der Waals surface area contributed by atoms with Gasteiger partial charge in [0.25, 0.3) is 0 Å². The molecule has 0 radical (unpaired) electrons. The summed E-state index contributed by atoms with van der Waals surface area (Å²) in [6.07, 6.45) is 2.35. The first-order chi connectivity index (χ1) is 12.0. The maximum absolute atomic E-state index is 14.9. The Kier molecular flexibility index (Phi) is 5.08. The normalized spacial score (nSPS) is 16.8. The number of aromatic nitrogens is 3. The van der Waals surface area contributed by atoms with E-state index in [0.717, 1.165) is 11.3 Å². The van der Waals surface area contributed by atoms with Crippen LogP contribution < -0.4 is 5.32 Å². The molecule has 1 saturated heterocycles. The molecule has 1 N–H and O–H groups in total. The number of rotatable bonds is 5. The Bertz CT molecular complexity index is 723. The topological polar surface area (TPSA) is 84.2 Å². The predicted octanol–water partition coefficient (Wildman–Crippen LogP) is 1.82. The lowest BCUT2D eigenvalue weighted by Crippen LogP contribution is -2.48. The SMILES string of the molecule is Cc1ccc(CNCC2(F)CCN(C(=O)c3nnc(C)o3)CC2)nc1. The zero-order valence-corrected chi connectivity index (χ0v) is 14.5. The number of hydrogen-bond donors (Lipinski definition) is 1. The zero-order valence-electron chi connectivity index (χ0n) is 14.5. The van der Waals surface area contributed by atoms with Gasteiger partial charge in [0.15, 0.2) is 0 Å². The minimum atomic E-state index is -1.33. The summed E-state index contributed by atoms with van der Waals surface area (Å²) in [7, 11) is 0. The third-order valence-electron chi connectivity index (χ3n) is 4.38. The molecule has 25 heavy (non-hydrogen) atoms. The van der Waals surface area contributed by atoms with Crippen LogP contribution in [0.15, 0.2) is 22.7 Å². The van der Waals surface area contributed by atoms with Gasteiger partial charge in [-0.2, -0.15) is 0 Å². The summed E-state index contributed by atoms with van der Waals surface area (Å²) in [5, 5.41) is 10.5. The maximum Gasteiger partial charge on any atom is 0.311 e. The molecule has 0 aliphatic carbocycles. The Labute approximate surface area is 145 Å². The average molecular weight is 347 g/mol. The average Bonchev–Trinajstić information content (AvgIpc) is 3.03. The van der Waals surface area contributed by atoms with Gasteiger partial charge in [0.1, 0.15) is 5.67 Å². The van der Waals surface area contributed by atoms with E-state index in [1.807, 2.05) is 19.1 Å². The number of halogens is 1. The van der Waals surface area contributed by atoms with Gasteiger partial charge in [0.2, 0.25) is 5.89 Å². The molecule has 7 nitrogen and oxygen atoms in total. The van der Waals surface area contributed by atoms with Gasteiger partial charge in [-0.25, -0.2) is 4.39 Å². The minimum Gasteiger partial charge on any atom is -0.417 e.